The first kappa shape index (κ1) is 17.5. The number of anilines is 1. The topological polar surface area (TPSA) is 80.3 Å². The lowest BCUT2D eigenvalue weighted by Crippen LogP contribution is -2.15. The van der Waals surface area contributed by atoms with Gasteiger partial charge in [-0.05, 0) is 65.1 Å². The number of benzene rings is 2. The van der Waals surface area contributed by atoms with Crippen molar-refractivity contribution in [1.29, 1.82) is 0 Å². The molecular formula is C13H11ClINO4S2. The Morgan fingerprint density at radius 1 is 1.00 bits per heavy atom. The van der Waals surface area contributed by atoms with E-state index in [0.717, 1.165) is 9.83 Å². The Morgan fingerprint density at radius 2 is 1.59 bits per heavy atom. The number of halogens is 2. The van der Waals surface area contributed by atoms with Gasteiger partial charge in [-0.15, -0.1) is 0 Å². The molecule has 0 amide bonds. The summed E-state index contributed by atoms with van der Waals surface area (Å²) in [4.78, 5) is -0.0988. The SMILES string of the molecule is CS(=O)(=O)c1ccc(Cl)cc1NS(=O)(=O)c1ccc(I)cc1. The molecular weight excluding hydrogens is 461 g/mol. The van der Waals surface area contributed by atoms with E-state index in [-0.39, 0.29) is 20.5 Å². The molecule has 0 radical (unpaired) electrons. The van der Waals surface area contributed by atoms with E-state index in [9.17, 15) is 16.8 Å². The van der Waals surface area contributed by atoms with E-state index in [4.69, 9.17) is 11.6 Å². The van der Waals surface area contributed by atoms with E-state index in [1.165, 1.54) is 30.3 Å². The van der Waals surface area contributed by atoms with E-state index in [2.05, 4.69) is 27.3 Å². The Kier molecular flexibility index (Phi) is 5.05. The standard InChI is InChI=1S/C13H11ClINO4S2/c1-21(17,18)13-7-2-9(14)8-12(13)16-22(19,20)11-5-3-10(15)4-6-11/h2-8,16H,1H3. The van der Waals surface area contributed by atoms with Crippen LogP contribution in [0.4, 0.5) is 5.69 Å². The largest absolute Gasteiger partial charge is 0.278 e. The maximum atomic E-state index is 12.4. The minimum absolute atomic E-state index is 0.0346. The molecule has 0 aliphatic heterocycles. The van der Waals surface area contributed by atoms with Gasteiger partial charge >= 0.3 is 0 Å². The minimum Gasteiger partial charge on any atom is -0.278 e. The molecule has 2 rings (SSSR count). The third-order valence-corrected chi connectivity index (χ3v) is 6.20. The summed E-state index contributed by atoms with van der Waals surface area (Å²) in [6, 6.07) is 10.1. The summed E-state index contributed by atoms with van der Waals surface area (Å²) in [5.74, 6) is 0. The van der Waals surface area contributed by atoms with Crippen LogP contribution in [-0.4, -0.2) is 23.1 Å². The van der Waals surface area contributed by atoms with Crippen molar-refractivity contribution in [3.05, 3.63) is 51.1 Å². The molecule has 9 heteroatoms. The van der Waals surface area contributed by atoms with Crippen molar-refractivity contribution in [2.24, 2.45) is 0 Å². The van der Waals surface area contributed by atoms with Gasteiger partial charge in [-0.1, -0.05) is 11.6 Å². The molecule has 2 aromatic carbocycles. The van der Waals surface area contributed by atoms with Gasteiger partial charge in [-0.2, -0.15) is 0 Å². The number of sulfone groups is 1. The molecule has 0 fully saturated rings. The zero-order valence-corrected chi connectivity index (χ0v) is 15.8. The van der Waals surface area contributed by atoms with Crippen LogP contribution in [0.25, 0.3) is 0 Å². The molecule has 0 saturated heterocycles. The molecule has 118 valence electrons. The molecule has 0 spiro atoms. The fourth-order valence-corrected chi connectivity index (χ4v) is 4.21. The van der Waals surface area contributed by atoms with E-state index in [1.54, 1.807) is 12.1 Å². The predicted octanol–water partition coefficient (Wildman–Crippen LogP) is 3.15. The summed E-state index contributed by atoms with van der Waals surface area (Å²) in [6.45, 7) is 0. The first-order chi connectivity index (χ1) is 10.1. The van der Waals surface area contributed by atoms with Crippen LogP contribution < -0.4 is 4.72 Å². The lowest BCUT2D eigenvalue weighted by molar-refractivity contribution is 0.601. The van der Waals surface area contributed by atoms with E-state index in [1.807, 2.05) is 0 Å². The second-order valence-corrected chi connectivity index (χ2v) is 9.82. The second-order valence-electron chi connectivity index (χ2n) is 4.47. The van der Waals surface area contributed by atoms with Crippen LogP contribution in [0.15, 0.2) is 52.3 Å². The second kappa shape index (κ2) is 6.34. The summed E-state index contributed by atoms with van der Waals surface area (Å²) in [6.07, 6.45) is 0.999. The molecule has 0 unspecified atom stereocenters. The Hall–Kier alpha value is -0.840. The van der Waals surface area contributed by atoms with Gasteiger partial charge in [0.05, 0.1) is 15.5 Å². The van der Waals surface area contributed by atoms with Crippen LogP contribution in [0.1, 0.15) is 0 Å². The maximum absolute atomic E-state index is 12.4. The molecule has 1 N–H and O–H groups in total. The van der Waals surface area contributed by atoms with Crippen molar-refractivity contribution in [2.75, 3.05) is 11.0 Å². The number of hydrogen-bond donors (Lipinski definition) is 1. The average molecular weight is 472 g/mol. The van der Waals surface area contributed by atoms with Gasteiger partial charge in [0.2, 0.25) is 0 Å². The summed E-state index contributed by atoms with van der Waals surface area (Å²) >= 11 is 7.89. The Balaban J connectivity index is 2.50. The van der Waals surface area contributed by atoms with Crippen molar-refractivity contribution in [1.82, 2.24) is 0 Å². The first-order valence-electron chi connectivity index (χ1n) is 5.87. The minimum atomic E-state index is -3.91. The smallest absolute Gasteiger partial charge is 0.261 e. The normalized spacial score (nSPS) is 12.1. The monoisotopic (exact) mass is 471 g/mol. The number of nitrogens with one attached hydrogen (secondary N) is 1. The molecule has 0 atom stereocenters. The average Bonchev–Trinajstić information content (AvgIpc) is 2.37. The van der Waals surface area contributed by atoms with Gasteiger partial charge in [0.15, 0.2) is 9.84 Å². The van der Waals surface area contributed by atoms with Crippen molar-refractivity contribution >= 4 is 59.7 Å². The van der Waals surface area contributed by atoms with Gasteiger partial charge < -0.3 is 0 Å². The Bertz CT molecular complexity index is 910. The van der Waals surface area contributed by atoms with Crippen molar-refractivity contribution in [2.45, 2.75) is 9.79 Å². The maximum Gasteiger partial charge on any atom is 0.261 e. The third kappa shape index (κ3) is 4.12. The van der Waals surface area contributed by atoms with E-state index >= 15 is 0 Å². The zero-order valence-electron chi connectivity index (χ0n) is 11.2. The van der Waals surface area contributed by atoms with Crippen molar-refractivity contribution in [3.63, 3.8) is 0 Å². The lowest BCUT2D eigenvalue weighted by Gasteiger charge is -2.12. The van der Waals surface area contributed by atoms with E-state index < -0.39 is 19.9 Å². The molecule has 5 nitrogen and oxygen atoms in total. The van der Waals surface area contributed by atoms with Crippen LogP contribution in [0.5, 0.6) is 0 Å². The van der Waals surface area contributed by atoms with Gasteiger partial charge in [0.1, 0.15) is 0 Å². The summed E-state index contributed by atoms with van der Waals surface area (Å²) in [7, 11) is -7.50. The fourth-order valence-electron chi connectivity index (χ4n) is 1.72. The molecule has 0 heterocycles. The highest BCUT2D eigenvalue weighted by Gasteiger charge is 2.20. The van der Waals surface area contributed by atoms with Gasteiger partial charge in [-0.25, -0.2) is 16.8 Å². The highest BCUT2D eigenvalue weighted by molar-refractivity contribution is 14.1. The summed E-state index contributed by atoms with van der Waals surface area (Å²) in [5, 5.41) is 0.229. The van der Waals surface area contributed by atoms with Crippen LogP contribution in [0.2, 0.25) is 5.02 Å². The molecule has 0 aliphatic rings. The highest BCUT2D eigenvalue weighted by Crippen LogP contribution is 2.27. The zero-order chi connectivity index (χ0) is 16.5. The molecule has 0 aromatic heterocycles. The van der Waals surface area contributed by atoms with Crippen LogP contribution in [-0.2, 0) is 19.9 Å². The molecule has 22 heavy (non-hydrogen) atoms. The predicted molar refractivity (Wildman–Crippen MR) is 94.5 cm³/mol. The molecule has 2 aromatic rings. The Morgan fingerprint density at radius 3 is 2.14 bits per heavy atom. The van der Waals surface area contributed by atoms with Crippen LogP contribution >= 0.6 is 34.2 Å². The number of hydrogen-bond acceptors (Lipinski definition) is 4. The van der Waals surface area contributed by atoms with Crippen molar-refractivity contribution < 1.29 is 16.8 Å². The van der Waals surface area contributed by atoms with Crippen LogP contribution in [0.3, 0.4) is 0 Å². The number of rotatable bonds is 4. The summed E-state index contributed by atoms with van der Waals surface area (Å²) < 4.78 is 51.4. The summed E-state index contributed by atoms with van der Waals surface area (Å²) in [5.41, 5.74) is -0.0754. The molecule has 0 saturated carbocycles. The highest BCUT2D eigenvalue weighted by atomic mass is 127. The van der Waals surface area contributed by atoms with Crippen LogP contribution in [0, 0.1) is 3.57 Å². The first-order valence-corrected chi connectivity index (χ1v) is 10.7. The van der Waals surface area contributed by atoms with Gasteiger partial charge in [0, 0.05) is 14.8 Å². The Labute approximate surface area is 147 Å². The molecule has 0 bridgehead atoms. The van der Waals surface area contributed by atoms with E-state index in [0.29, 0.717) is 0 Å². The third-order valence-electron chi connectivity index (χ3n) is 2.71. The van der Waals surface area contributed by atoms with Gasteiger partial charge in [0.25, 0.3) is 10.0 Å². The lowest BCUT2D eigenvalue weighted by atomic mass is 10.3. The van der Waals surface area contributed by atoms with Gasteiger partial charge in [-0.3, -0.25) is 4.72 Å². The fraction of sp³-hybridized carbons (Fsp3) is 0.0769. The molecule has 0 aliphatic carbocycles. The van der Waals surface area contributed by atoms with Crippen molar-refractivity contribution in [3.8, 4) is 0 Å². The quantitative estimate of drug-likeness (QED) is 0.695. The number of sulfonamides is 1.